The van der Waals surface area contributed by atoms with Crippen molar-refractivity contribution in [3.63, 3.8) is 0 Å². The van der Waals surface area contributed by atoms with Gasteiger partial charge >= 0.3 is 5.97 Å². The Balaban J connectivity index is 2.15. The van der Waals surface area contributed by atoms with Gasteiger partial charge in [0.15, 0.2) is 0 Å². The summed E-state index contributed by atoms with van der Waals surface area (Å²) >= 11 is 6.03. The van der Waals surface area contributed by atoms with E-state index >= 15 is 0 Å². The van der Waals surface area contributed by atoms with E-state index in [0.717, 1.165) is 0 Å². The number of hydrogen-bond acceptors (Lipinski definition) is 4. The lowest BCUT2D eigenvalue weighted by atomic mass is 10.1. The minimum Gasteiger partial charge on any atom is -0.466 e. The molecule has 0 bridgehead atoms. The van der Waals surface area contributed by atoms with Crippen molar-refractivity contribution in [2.45, 2.75) is 25.9 Å². The Morgan fingerprint density at radius 1 is 1.55 bits per heavy atom. The fourth-order valence-corrected chi connectivity index (χ4v) is 2.66. The molecule has 5 nitrogen and oxygen atoms in total. The lowest BCUT2D eigenvalue weighted by molar-refractivity contribution is -0.148. The average Bonchev–Trinajstić information content (AvgIpc) is 2.46. The summed E-state index contributed by atoms with van der Waals surface area (Å²) in [4.78, 5) is 25.4. The maximum atomic E-state index is 13.9. The zero-order valence-corrected chi connectivity index (χ0v) is 13.0. The van der Waals surface area contributed by atoms with Crippen LogP contribution < -0.4 is 5.32 Å². The van der Waals surface area contributed by atoms with Gasteiger partial charge in [0.05, 0.1) is 13.0 Å². The summed E-state index contributed by atoms with van der Waals surface area (Å²) in [5.74, 6) is -1.13. The first-order valence-electron chi connectivity index (χ1n) is 7.13. The number of amides is 1. The predicted octanol–water partition coefficient (Wildman–Crippen LogP) is 1.73. The van der Waals surface area contributed by atoms with Crippen LogP contribution in [0, 0.1) is 5.82 Å². The van der Waals surface area contributed by atoms with E-state index in [9.17, 15) is 14.0 Å². The number of benzene rings is 1. The van der Waals surface area contributed by atoms with Crippen molar-refractivity contribution in [1.82, 2.24) is 10.2 Å². The topological polar surface area (TPSA) is 58.6 Å². The van der Waals surface area contributed by atoms with Crippen molar-refractivity contribution < 1.29 is 18.7 Å². The van der Waals surface area contributed by atoms with Crippen LogP contribution in [0.5, 0.6) is 0 Å². The van der Waals surface area contributed by atoms with Crippen LogP contribution in [0.25, 0.3) is 0 Å². The molecule has 1 aromatic rings. The highest BCUT2D eigenvalue weighted by atomic mass is 35.5. The molecule has 1 unspecified atom stereocenters. The SMILES string of the molecule is CCOC(=O)CC1C(=O)NCCN1Cc1c(F)cccc1Cl. The second-order valence-corrected chi connectivity index (χ2v) is 5.39. The van der Waals surface area contributed by atoms with Gasteiger partial charge in [-0.25, -0.2) is 4.39 Å². The Labute approximate surface area is 133 Å². The maximum absolute atomic E-state index is 13.9. The number of halogens is 2. The summed E-state index contributed by atoms with van der Waals surface area (Å²) in [6.07, 6.45) is -0.0637. The van der Waals surface area contributed by atoms with E-state index in [1.54, 1.807) is 17.9 Å². The number of hydrogen-bond donors (Lipinski definition) is 1. The summed E-state index contributed by atoms with van der Waals surface area (Å²) in [6, 6.07) is 3.78. The third-order valence-corrected chi connectivity index (χ3v) is 3.88. The van der Waals surface area contributed by atoms with Gasteiger partial charge in [-0.1, -0.05) is 17.7 Å². The van der Waals surface area contributed by atoms with Gasteiger partial charge in [0, 0.05) is 30.2 Å². The minimum absolute atomic E-state index is 0.0637. The van der Waals surface area contributed by atoms with Gasteiger partial charge in [-0.2, -0.15) is 0 Å². The molecule has 1 atom stereocenters. The second-order valence-electron chi connectivity index (χ2n) is 4.99. The van der Waals surface area contributed by atoms with Crippen LogP contribution in [0.4, 0.5) is 4.39 Å². The number of carbonyl (C=O) groups is 2. The normalized spacial score (nSPS) is 18.9. The van der Waals surface area contributed by atoms with E-state index in [1.807, 2.05) is 0 Å². The monoisotopic (exact) mass is 328 g/mol. The first-order valence-corrected chi connectivity index (χ1v) is 7.51. The number of carbonyl (C=O) groups excluding carboxylic acids is 2. The Kier molecular flexibility index (Phi) is 5.74. The molecule has 1 aliphatic rings. The van der Waals surface area contributed by atoms with Gasteiger partial charge in [-0.15, -0.1) is 0 Å². The van der Waals surface area contributed by atoms with Gasteiger partial charge in [0.2, 0.25) is 5.91 Å². The van der Waals surface area contributed by atoms with Gasteiger partial charge < -0.3 is 10.1 Å². The average molecular weight is 329 g/mol. The quantitative estimate of drug-likeness (QED) is 0.836. The molecule has 1 N–H and O–H groups in total. The molecule has 1 amide bonds. The summed E-state index contributed by atoms with van der Waals surface area (Å²) in [5, 5.41) is 3.02. The number of nitrogens with one attached hydrogen (secondary N) is 1. The highest BCUT2D eigenvalue weighted by Gasteiger charge is 2.32. The van der Waals surface area contributed by atoms with Gasteiger partial charge in [-0.3, -0.25) is 14.5 Å². The summed E-state index contributed by atoms with van der Waals surface area (Å²) in [7, 11) is 0. The third-order valence-electron chi connectivity index (χ3n) is 3.53. The van der Waals surface area contributed by atoms with Gasteiger partial charge in [-0.05, 0) is 19.1 Å². The highest BCUT2D eigenvalue weighted by Crippen LogP contribution is 2.23. The zero-order chi connectivity index (χ0) is 16.1. The molecule has 0 aliphatic carbocycles. The molecule has 0 radical (unpaired) electrons. The molecule has 1 heterocycles. The van der Waals surface area contributed by atoms with Crippen LogP contribution in [-0.4, -0.2) is 42.5 Å². The Morgan fingerprint density at radius 3 is 3.00 bits per heavy atom. The molecule has 2 rings (SSSR count). The zero-order valence-electron chi connectivity index (χ0n) is 12.3. The standard InChI is InChI=1S/C15H18ClFN2O3/c1-2-22-14(20)8-13-15(21)18-6-7-19(13)9-10-11(16)4-3-5-12(10)17/h3-5,13H,2,6-9H2,1H3,(H,18,21). The molecular formula is C15H18ClFN2O3. The van der Waals surface area contributed by atoms with Gasteiger partial charge in [0.1, 0.15) is 11.9 Å². The molecule has 1 aliphatic heterocycles. The smallest absolute Gasteiger partial charge is 0.307 e. The number of nitrogens with zero attached hydrogens (tertiary/aromatic N) is 1. The van der Waals surface area contributed by atoms with Crippen molar-refractivity contribution >= 4 is 23.5 Å². The van der Waals surface area contributed by atoms with Crippen LogP contribution in [-0.2, 0) is 20.9 Å². The molecule has 0 spiro atoms. The lowest BCUT2D eigenvalue weighted by Crippen LogP contribution is -2.55. The van der Waals surface area contributed by atoms with Crippen LogP contribution in [0.2, 0.25) is 5.02 Å². The van der Waals surface area contributed by atoms with Crippen molar-refractivity contribution in [2.75, 3.05) is 19.7 Å². The van der Waals surface area contributed by atoms with Crippen molar-refractivity contribution in [3.05, 3.63) is 34.6 Å². The maximum Gasteiger partial charge on any atom is 0.307 e. The number of rotatable bonds is 5. The molecular weight excluding hydrogens is 311 g/mol. The Bertz CT molecular complexity index is 547. The Morgan fingerprint density at radius 2 is 2.32 bits per heavy atom. The number of piperazine rings is 1. The van der Waals surface area contributed by atoms with E-state index < -0.39 is 17.8 Å². The van der Waals surface area contributed by atoms with Gasteiger partial charge in [0.25, 0.3) is 0 Å². The summed E-state index contributed by atoms with van der Waals surface area (Å²) < 4.78 is 18.8. The summed E-state index contributed by atoms with van der Waals surface area (Å²) in [6.45, 7) is 3.09. The van der Waals surface area contributed by atoms with E-state index in [-0.39, 0.29) is 25.5 Å². The molecule has 7 heteroatoms. The minimum atomic E-state index is -0.677. The van der Waals surface area contributed by atoms with Crippen molar-refractivity contribution in [2.24, 2.45) is 0 Å². The fraction of sp³-hybridized carbons (Fsp3) is 0.467. The predicted molar refractivity (Wildman–Crippen MR) is 79.9 cm³/mol. The van der Waals surface area contributed by atoms with Crippen LogP contribution in [0.15, 0.2) is 18.2 Å². The fourth-order valence-electron chi connectivity index (χ4n) is 2.44. The first-order chi connectivity index (χ1) is 10.5. The lowest BCUT2D eigenvalue weighted by Gasteiger charge is -2.34. The number of esters is 1. The third kappa shape index (κ3) is 3.96. The largest absolute Gasteiger partial charge is 0.466 e. The van der Waals surface area contributed by atoms with E-state index in [4.69, 9.17) is 16.3 Å². The summed E-state index contributed by atoms with van der Waals surface area (Å²) in [5.41, 5.74) is 0.327. The molecule has 1 aromatic carbocycles. The molecule has 0 aromatic heterocycles. The van der Waals surface area contributed by atoms with Crippen LogP contribution in [0.1, 0.15) is 18.9 Å². The number of ether oxygens (including phenoxy) is 1. The highest BCUT2D eigenvalue weighted by molar-refractivity contribution is 6.31. The van der Waals surface area contributed by atoms with Crippen LogP contribution in [0.3, 0.4) is 0 Å². The first kappa shape index (κ1) is 16.7. The van der Waals surface area contributed by atoms with E-state index in [1.165, 1.54) is 12.1 Å². The molecule has 120 valence electrons. The van der Waals surface area contributed by atoms with Crippen molar-refractivity contribution in [1.29, 1.82) is 0 Å². The molecule has 0 saturated carbocycles. The van der Waals surface area contributed by atoms with Crippen LogP contribution >= 0.6 is 11.6 Å². The molecule has 1 saturated heterocycles. The van der Waals surface area contributed by atoms with E-state index in [2.05, 4.69) is 5.32 Å². The molecule has 1 fully saturated rings. The second kappa shape index (κ2) is 7.56. The molecule has 22 heavy (non-hydrogen) atoms. The van der Waals surface area contributed by atoms with E-state index in [0.29, 0.717) is 23.7 Å². The van der Waals surface area contributed by atoms with Crippen molar-refractivity contribution in [3.8, 4) is 0 Å². The Hall–Kier alpha value is -1.66.